The number of hydrogen-bond acceptors (Lipinski definition) is 4. The van der Waals surface area contributed by atoms with Gasteiger partial charge in [0.2, 0.25) is 0 Å². The Balaban J connectivity index is 1.63. The minimum absolute atomic E-state index is 0.0821. The van der Waals surface area contributed by atoms with E-state index in [-0.39, 0.29) is 16.1 Å². The molecule has 0 bridgehead atoms. The van der Waals surface area contributed by atoms with E-state index in [4.69, 9.17) is 0 Å². The first-order valence-corrected chi connectivity index (χ1v) is 11.7. The Morgan fingerprint density at radius 2 is 1.62 bits per heavy atom. The average molecular weight is 481 g/mol. The number of carbonyl (C=O) groups excluding carboxylic acids is 1. The summed E-state index contributed by atoms with van der Waals surface area (Å²) >= 11 is 0. The van der Waals surface area contributed by atoms with Crippen LogP contribution in [-0.2, 0) is 17.1 Å². The number of rotatable bonds is 6. The summed E-state index contributed by atoms with van der Waals surface area (Å²) in [5, 5.41) is 2.58. The van der Waals surface area contributed by atoms with E-state index in [1.807, 2.05) is 6.07 Å². The summed E-state index contributed by atoms with van der Waals surface area (Å²) in [6.45, 7) is 1.63. The fraction of sp³-hybridized carbons (Fsp3) is 0.0833. The van der Waals surface area contributed by atoms with E-state index in [0.29, 0.717) is 17.1 Å². The number of aromatic nitrogens is 2. The molecule has 4 aromatic rings. The van der Waals surface area contributed by atoms with Gasteiger partial charge in [0, 0.05) is 18.3 Å². The fourth-order valence-corrected chi connectivity index (χ4v) is 4.58. The number of sulfonamides is 1. The maximum Gasteiger partial charge on any atom is 0.296 e. The smallest absolute Gasteiger partial charge is 0.296 e. The minimum Gasteiger partial charge on any atom is -0.322 e. The van der Waals surface area contributed by atoms with Crippen LogP contribution in [0.3, 0.4) is 0 Å². The maximum atomic E-state index is 13.1. The zero-order chi connectivity index (χ0) is 24.5. The van der Waals surface area contributed by atoms with Crippen molar-refractivity contribution in [3.05, 3.63) is 106 Å². The van der Waals surface area contributed by atoms with Crippen LogP contribution < -0.4 is 15.6 Å². The van der Waals surface area contributed by atoms with Crippen LogP contribution in [-0.4, -0.2) is 23.7 Å². The van der Waals surface area contributed by atoms with Crippen molar-refractivity contribution in [2.45, 2.75) is 11.8 Å². The largest absolute Gasteiger partial charge is 0.322 e. The van der Waals surface area contributed by atoms with Crippen LogP contribution in [0.5, 0.6) is 0 Å². The van der Waals surface area contributed by atoms with Crippen molar-refractivity contribution >= 4 is 27.3 Å². The molecule has 0 saturated carbocycles. The lowest BCUT2D eigenvalue weighted by Crippen LogP contribution is -2.23. The predicted molar refractivity (Wildman–Crippen MR) is 127 cm³/mol. The van der Waals surface area contributed by atoms with Gasteiger partial charge in [0.15, 0.2) is 0 Å². The predicted octanol–water partition coefficient (Wildman–Crippen LogP) is 3.68. The summed E-state index contributed by atoms with van der Waals surface area (Å²) in [5.74, 6) is -1.01. The van der Waals surface area contributed by atoms with Crippen LogP contribution in [0.1, 0.15) is 16.1 Å². The molecule has 174 valence electrons. The van der Waals surface area contributed by atoms with Crippen LogP contribution in [0.2, 0.25) is 0 Å². The third-order valence-electron chi connectivity index (χ3n) is 5.30. The van der Waals surface area contributed by atoms with E-state index < -0.39 is 27.3 Å². The van der Waals surface area contributed by atoms with Gasteiger partial charge < -0.3 is 5.32 Å². The highest BCUT2D eigenvalue weighted by Gasteiger charge is 2.23. The Morgan fingerprint density at radius 1 is 0.941 bits per heavy atom. The van der Waals surface area contributed by atoms with Crippen molar-refractivity contribution in [2.75, 3.05) is 10.0 Å². The lowest BCUT2D eigenvalue weighted by Gasteiger charge is -2.09. The molecule has 0 radical (unpaired) electrons. The van der Waals surface area contributed by atoms with Gasteiger partial charge in [-0.2, -0.15) is 0 Å². The number of halogens is 1. The molecule has 10 heteroatoms. The Bertz CT molecular complexity index is 1530. The highest BCUT2D eigenvalue weighted by Crippen LogP contribution is 2.20. The number of amides is 1. The van der Waals surface area contributed by atoms with Gasteiger partial charge in [0.1, 0.15) is 11.5 Å². The van der Waals surface area contributed by atoms with Crippen molar-refractivity contribution in [1.82, 2.24) is 9.36 Å². The third kappa shape index (κ3) is 4.48. The molecule has 0 aliphatic carbocycles. The highest BCUT2D eigenvalue weighted by molar-refractivity contribution is 7.92. The van der Waals surface area contributed by atoms with Gasteiger partial charge >= 0.3 is 0 Å². The molecule has 3 aromatic carbocycles. The molecule has 4 rings (SSSR count). The molecule has 34 heavy (non-hydrogen) atoms. The second kappa shape index (κ2) is 8.99. The first kappa shape index (κ1) is 23.0. The number of anilines is 2. The molecule has 0 atom stereocenters. The summed E-state index contributed by atoms with van der Waals surface area (Å²) in [6.07, 6.45) is 0. The van der Waals surface area contributed by atoms with Crippen molar-refractivity contribution in [3.63, 3.8) is 0 Å². The Labute approximate surface area is 195 Å². The molecule has 0 aliphatic heterocycles. The lowest BCUT2D eigenvalue weighted by atomic mass is 10.2. The van der Waals surface area contributed by atoms with Crippen molar-refractivity contribution < 1.29 is 17.6 Å². The van der Waals surface area contributed by atoms with E-state index in [2.05, 4.69) is 10.0 Å². The summed E-state index contributed by atoms with van der Waals surface area (Å²) in [6, 6.07) is 19.4. The summed E-state index contributed by atoms with van der Waals surface area (Å²) in [5.41, 5.74) is 0.830. The maximum absolute atomic E-state index is 13.1. The van der Waals surface area contributed by atoms with E-state index in [0.717, 1.165) is 0 Å². The van der Waals surface area contributed by atoms with Crippen LogP contribution in [0.25, 0.3) is 5.69 Å². The van der Waals surface area contributed by atoms with Gasteiger partial charge in [-0.05, 0) is 61.5 Å². The minimum atomic E-state index is -4.18. The molecule has 0 aliphatic rings. The number of nitrogens with zero attached hydrogens (tertiary/aromatic N) is 2. The van der Waals surface area contributed by atoms with Crippen molar-refractivity contribution in [1.29, 1.82) is 0 Å². The van der Waals surface area contributed by atoms with E-state index in [9.17, 15) is 22.4 Å². The average Bonchev–Trinajstić information content (AvgIpc) is 3.04. The van der Waals surface area contributed by atoms with Gasteiger partial charge in [0.25, 0.3) is 21.5 Å². The van der Waals surface area contributed by atoms with Crippen molar-refractivity contribution in [3.8, 4) is 5.69 Å². The van der Waals surface area contributed by atoms with Gasteiger partial charge in [-0.25, -0.2) is 17.5 Å². The zero-order valence-electron chi connectivity index (χ0n) is 18.3. The molecule has 8 nitrogen and oxygen atoms in total. The first-order valence-electron chi connectivity index (χ1n) is 10.2. The molecule has 1 amide bonds. The van der Waals surface area contributed by atoms with Crippen LogP contribution in [0.15, 0.2) is 88.6 Å². The second-order valence-electron chi connectivity index (χ2n) is 7.53. The van der Waals surface area contributed by atoms with Crippen LogP contribution in [0, 0.1) is 12.7 Å². The molecule has 0 saturated heterocycles. The quantitative estimate of drug-likeness (QED) is 0.440. The fourth-order valence-electron chi connectivity index (χ4n) is 3.42. The Kier molecular flexibility index (Phi) is 6.08. The van der Waals surface area contributed by atoms with Gasteiger partial charge in [-0.3, -0.25) is 19.0 Å². The molecule has 1 aromatic heterocycles. The molecular weight excluding hydrogens is 459 g/mol. The lowest BCUT2D eigenvalue weighted by molar-refractivity contribution is 0.102. The van der Waals surface area contributed by atoms with Crippen LogP contribution >= 0.6 is 0 Å². The summed E-state index contributed by atoms with van der Waals surface area (Å²) in [7, 11) is -2.53. The first-order chi connectivity index (χ1) is 16.2. The number of benzene rings is 3. The van der Waals surface area contributed by atoms with Gasteiger partial charge in [-0.15, -0.1) is 0 Å². The topological polar surface area (TPSA) is 102 Å². The Morgan fingerprint density at radius 3 is 2.29 bits per heavy atom. The monoisotopic (exact) mass is 480 g/mol. The van der Waals surface area contributed by atoms with E-state index >= 15 is 0 Å². The molecule has 0 fully saturated rings. The summed E-state index contributed by atoms with van der Waals surface area (Å²) < 4.78 is 44.5. The molecule has 2 N–H and O–H groups in total. The van der Waals surface area contributed by atoms with Gasteiger partial charge in [-0.1, -0.05) is 24.3 Å². The highest BCUT2D eigenvalue weighted by atomic mass is 32.2. The summed E-state index contributed by atoms with van der Waals surface area (Å²) in [4.78, 5) is 25.4. The molecule has 0 spiro atoms. The van der Waals surface area contributed by atoms with E-state index in [1.54, 1.807) is 42.9 Å². The van der Waals surface area contributed by atoms with Crippen molar-refractivity contribution in [2.24, 2.45) is 7.05 Å². The molecule has 0 unspecified atom stereocenters. The van der Waals surface area contributed by atoms with E-state index in [1.165, 1.54) is 53.2 Å². The normalized spacial score (nSPS) is 11.3. The Hall–Kier alpha value is -4.18. The molecule has 1 heterocycles. The number of para-hydroxylation sites is 1. The zero-order valence-corrected chi connectivity index (χ0v) is 19.1. The third-order valence-corrected chi connectivity index (χ3v) is 6.65. The van der Waals surface area contributed by atoms with Gasteiger partial charge in [0.05, 0.1) is 16.3 Å². The second-order valence-corrected chi connectivity index (χ2v) is 9.21. The number of hydrogen-bond donors (Lipinski definition) is 2. The SMILES string of the molecule is Cc1c(NS(=O)(=O)c2cccc(C(=O)Nc3ccc(F)cc3)c2)c(=O)n(-c2ccccc2)n1C. The standard InChI is InChI=1S/C24H21FN4O4S/c1-16-22(24(31)29(28(16)2)20-8-4-3-5-9-20)27-34(32,33)21-10-6-7-17(15-21)23(30)26-19-13-11-18(25)12-14-19/h3-15,27H,1-2H3,(H,26,30). The van der Waals surface area contributed by atoms with Crippen LogP contribution in [0.4, 0.5) is 15.8 Å². The number of carbonyl (C=O) groups is 1. The molecular formula is C24H21FN4O4S. The number of nitrogens with one attached hydrogen (secondary N) is 2.